The number of hydrogen-bond acceptors (Lipinski definition) is 5. The quantitative estimate of drug-likeness (QED) is 0.437. The molecule has 8 nitrogen and oxygen atoms in total. The number of aromatic nitrogens is 1. The summed E-state index contributed by atoms with van der Waals surface area (Å²) in [4.78, 5) is 15.0. The summed E-state index contributed by atoms with van der Waals surface area (Å²) in [6.07, 6.45) is 4.17. The average Bonchev–Trinajstić information content (AvgIpc) is 3.23. The molecule has 2 aliphatic heterocycles. The highest BCUT2D eigenvalue weighted by Crippen LogP contribution is 2.38. The van der Waals surface area contributed by atoms with Gasteiger partial charge < -0.3 is 20.5 Å². The van der Waals surface area contributed by atoms with Gasteiger partial charge in [-0.05, 0) is 42.6 Å². The number of rotatable bonds is 7. The van der Waals surface area contributed by atoms with Crippen molar-refractivity contribution in [2.24, 2.45) is 17.6 Å². The van der Waals surface area contributed by atoms with Crippen molar-refractivity contribution >= 4 is 44.0 Å². The summed E-state index contributed by atoms with van der Waals surface area (Å²) in [6, 6.07) is 14.4. The van der Waals surface area contributed by atoms with Crippen molar-refractivity contribution in [1.29, 1.82) is 0 Å². The zero-order chi connectivity index (χ0) is 27.2. The SMILES string of the molecule is CC1CN(S(C)(=O)=O)CCC1n1cc(-c2cccc(C(N)=S)c2)c2ccc(CNC(=O)C3CN(C)C3)cc21. The Morgan fingerprint density at radius 1 is 1.16 bits per heavy atom. The number of sulfonamides is 1. The Bertz CT molecular complexity index is 1490. The van der Waals surface area contributed by atoms with E-state index in [-0.39, 0.29) is 23.8 Å². The molecule has 202 valence electrons. The molecule has 0 bridgehead atoms. The molecule has 2 aliphatic rings. The molecule has 0 aliphatic carbocycles. The molecule has 3 N–H and O–H groups in total. The fourth-order valence-electron chi connectivity index (χ4n) is 5.76. The van der Waals surface area contributed by atoms with Crippen LogP contribution >= 0.6 is 12.2 Å². The number of fused-ring (bicyclic) bond motifs is 1. The Balaban J connectivity index is 1.51. The number of carbonyl (C=O) groups is 1. The molecule has 3 heterocycles. The monoisotopic (exact) mass is 553 g/mol. The number of nitrogens with two attached hydrogens (primary N) is 1. The molecule has 0 radical (unpaired) electrons. The first-order valence-corrected chi connectivity index (χ1v) is 15.2. The first kappa shape index (κ1) is 26.8. The highest BCUT2D eigenvalue weighted by Gasteiger charge is 2.33. The molecular weight excluding hydrogens is 518 g/mol. The maximum atomic E-state index is 12.5. The molecule has 2 fully saturated rings. The van der Waals surface area contributed by atoms with Crippen molar-refractivity contribution in [1.82, 2.24) is 19.1 Å². The lowest BCUT2D eigenvalue weighted by Crippen LogP contribution is -2.51. The second-order valence-corrected chi connectivity index (χ2v) is 13.3. The minimum Gasteiger partial charge on any atom is -0.389 e. The van der Waals surface area contributed by atoms with Crippen LogP contribution in [0, 0.1) is 11.8 Å². The van der Waals surface area contributed by atoms with Crippen LogP contribution in [0.1, 0.15) is 30.5 Å². The highest BCUT2D eigenvalue weighted by atomic mass is 32.2. The van der Waals surface area contributed by atoms with Crippen molar-refractivity contribution in [3.63, 3.8) is 0 Å². The summed E-state index contributed by atoms with van der Waals surface area (Å²) in [5, 5.41) is 4.19. The molecule has 0 spiro atoms. The van der Waals surface area contributed by atoms with E-state index in [2.05, 4.69) is 52.2 Å². The van der Waals surface area contributed by atoms with Crippen LogP contribution in [-0.2, 0) is 21.4 Å². The second kappa shape index (κ2) is 10.4. The van der Waals surface area contributed by atoms with Crippen molar-refractivity contribution in [3.8, 4) is 11.1 Å². The molecule has 2 saturated heterocycles. The van der Waals surface area contributed by atoms with Crippen LogP contribution in [-0.4, -0.2) is 72.6 Å². The summed E-state index contributed by atoms with van der Waals surface area (Å²) in [7, 11) is -1.22. The van der Waals surface area contributed by atoms with Crippen LogP contribution in [0.15, 0.2) is 48.7 Å². The maximum absolute atomic E-state index is 12.5. The molecule has 2 atom stereocenters. The van der Waals surface area contributed by atoms with Gasteiger partial charge in [0, 0.05) is 67.0 Å². The van der Waals surface area contributed by atoms with Gasteiger partial charge in [-0.15, -0.1) is 0 Å². The zero-order valence-electron chi connectivity index (χ0n) is 22.1. The molecule has 38 heavy (non-hydrogen) atoms. The predicted molar refractivity (Wildman–Crippen MR) is 155 cm³/mol. The van der Waals surface area contributed by atoms with Crippen molar-refractivity contribution in [2.45, 2.75) is 25.9 Å². The molecule has 5 rings (SSSR count). The first-order chi connectivity index (χ1) is 18.0. The lowest BCUT2D eigenvalue weighted by atomic mass is 9.95. The molecule has 10 heteroatoms. The van der Waals surface area contributed by atoms with Crippen molar-refractivity contribution < 1.29 is 13.2 Å². The molecule has 2 unspecified atom stereocenters. The lowest BCUT2D eigenvalue weighted by molar-refractivity contribution is -0.129. The van der Waals surface area contributed by atoms with E-state index >= 15 is 0 Å². The first-order valence-electron chi connectivity index (χ1n) is 13.0. The fourth-order valence-corrected chi connectivity index (χ4v) is 6.83. The molecular formula is C28H35N5O3S2. The third-order valence-electron chi connectivity index (χ3n) is 7.91. The number of likely N-dealkylation sites (tertiary alicyclic amines) is 1. The van der Waals surface area contributed by atoms with Gasteiger partial charge in [-0.2, -0.15) is 0 Å². The molecule has 2 aromatic carbocycles. The van der Waals surface area contributed by atoms with Gasteiger partial charge >= 0.3 is 0 Å². The van der Waals surface area contributed by atoms with Gasteiger partial charge in [-0.3, -0.25) is 4.79 Å². The normalized spacial score (nSPS) is 21.3. The van der Waals surface area contributed by atoms with Crippen LogP contribution in [0.5, 0.6) is 0 Å². The van der Waals surface area contributed by atoms with Crippen LogP contribution in [0.25, 0.3) is 22.0 Å². The lowest BCUT2D eigenvalue weighted by Gasteiger charge is -2.36. The molecule has 0 saturated carbocycles. The summed E-state index contributed by atoms with van der Waals surface area (Å²) >= 11 is 5.22. The Morgan fingerprint density at radius 3 is 2.58 bits per heavy atom. The van der Waals surface area contributed by atoms with Gasteiger partial charge in [0.2, 0.25) is 15.9 Å². The summed E-state index contributed by atoms with van der Waals surface area (Å²) < 4.78 is 28.3. The number of carbonyl (C=O) groups excluding carboxylic acids is 1. The number of thiocarbonyl (C=S) groups is 1. The van der Waals surface area contributed by atoms with Crippen LogP contribution in [0.4, 0.5) is 0 Å². The fraction of sp³-hybridized carbons (Fsp3) is 0.429. The van der Waals surface area contributed by atoms with E-state index in [1.807, 2.05) is 25.2 Å². The molecule has 1 amide bonds. The van der Waals surface area contributed by atoms with E-state index in [0.717, 1.165) is 52.7 Å². The Morgan fingerprint density at radius 2 is 1.92 bits per heavy atom. The maximum Gasteiger partial charge on any atom is 0.225 e. The third kappa shape index (κ3) is 5.36. The summed E-state index contributed by atoms with van der Waals surface area (Å²) in [5.74, 6) is 0.278. The minimum atomic E-state index is -3.23. The average molecular weight is 554 g/mol. The van der Waals surface area contributed by atoms with E-state index < -0.39 is 10.0 Å². The number of piperidine rings is 1. The number of benzene rings is 2. The van der Waals surface area contributed by atoms with Crippen LogP contribution in [0.2, 0.25) is 0 Å². The number of nitrogens with zero attached hydrogens (tertiary/aromatic N) is 3. The zero-order valence-corrected chi connectivity index (χ0v) is 23.7. The minimum absolute atomic E-state index is 0.0565. The van der Waals surface area contributed by atoms with Crippen molar-refractivity contribution in [2.75, 3.05) is 39.5 Å². The molecule has 3 aromatic rings. The second-order valence-electron chi connectivity index (χ2n) is 10.8. The standard InChI is InChI=1S/C28H35N5O3S2/c1-18-14-32(38(3,35)36)10-9-25(18)33-17-24(20-5-4-6-21(12-20)27(29)37)23-8-7-19(11-26(23)33)13-30-28(34)22-15-31(2)16-22/h4-8,11-12,17-18,22,25H,9-10,13-16H2,1-3H3,(H2,29,37)(H,30,34). The Kier molecular flexibility index (Phi) is 7.34. The topological polar surface area (TPSA) is 101 Å². The van der Waals surface area contributed by atoms with Gasteiger partial charge in [0.15, 0.2) is 0 Å². The summed E-state index contributed by atoms with van der Waals surface area (Å²) in [6.45, 7) is 5.15. The third-order valence-corrected chi connectivity index (χ3v) is 9.41. The number of hydrogen-bond donors (Lipinski definition) is 2. The van der Waals surface area contributed by atoms with Crippen LogP contribution < -0.4 is 11.1 Å². The van der Waals surface area contributed by atoms with E-state index in [1.54, 1.807) is 4.31 Å². The Hall–Kier alpha value is -2.79. The van der Waals surface area contributed by atoms with Gasteiger partial charge in [0.25, 0.3) is 0 Å². The van der Waals surface area contributed by atoms with E-state index in [4.69, 9.17) is 18.0 Å². The number of amides is 1. The van der Waals surface area contributed by atoms with Gasteiger partial charge in [-0.25, -0.2) is 12.7 Å². The Labute approximate surface area is 229 Å². The van der Waals surface area contributed by atoms with Gasteiger partial charge in [-0.1, -0.05) is 49.5 Å². The summed E-state index contributed by atoms with van der Waals surface area (Å²) in [5.41, 5.74) is 10.9. The highest BCUT2D eigenvalue weighted by molar-refractivity contribution is 7.88. The van der Waals surface area contributed by atoms with Gasteiger partial charge in [0.1, 0.15) is 4.99 Å². The smallest absolute Gasteiger partial charge is 0.225 e. The predicted octanol–water partition coefficient (Wildman–Crippen LogP) is 2.96. The van der Waals surface area contributed by atoms with Gasteiger partial charge in [0.05, 0.1) is 12.2 Å². The van der Waals surface area contributed by atoms with E-state index in [0.29, 0.717) is 24.6 Å². The largest absolute Gasteiger partial charge is 0.389 e. The number of nitrogens with one attached hydrogen (secondary N) is 1. The van der Waals surface area contributed by atoms with Crippen LogP contribution in [0.3, 0.4) is 0 Å². The molecule has 1 aromatic heterocycles. The van der Waals surface area contributed by atoms with E-state index in [1.165, 1.54) is 6.26 Å². The van der Waals surface area contributed by atoms with Crippen molar-refractivity contribution in [3.05, 3.63) is 59.8 Å². The van der Waals surface area contributed by atoms with E-state index in [9.17, 15) is 13.2 Å².